The van der Waals surface area contributed by atoms with E-state index in [1.807, 2.05) is 68.6 Å². The molecular formula is C22H22N6OS. The molecule has 0 unspecified atom stereocenters. The Kier molecular flexibility index (Phi) is 5.58. The van der Waals surface area contributed by atoms with Gasteiger partial charge in [-0.05, 0) is 36.8 Å². The number of benzene rings is 2. The van der Waals surface area contributed by atoms with Crippen molar-refractivity contribution < 1.29 is 4.79 Å². The van der Waals surface area contributed by atoms with Gasteiger partial charge in [0, 0.05) is 31.8 Å². The van der Waals surface area contributed by atoms with E-state index in [0.29, 0.717) is 29.0 Å². The van der Waals surface area contributed by atoms with Gasteiger partial charge in [-0.1, -0.05) is 42.5 Å². The van der Waals surface area contributed by atoms with Gasteiger partial charge in [0.05, 0.1) is 11.3 Å². The number of carbonyl (C=O) groups is 1. The third kappa shape index (κ3) is 3.95. The Morgan fingerprint density at radius 2 is 1.87 bits per heavy atom. The lowest BCUT2D eigenvalue weighted by Gasteiger charge is -2.07. The topological polar surface area (TPSA) is 80.5 Å². The molecule has 8 heteroatoms. The lowest BCUT2D eigenvalue weighted by molar-refractivity contribution is 0.0954. The average molecular weight is 419 g/mol. The predicted octanol–water partition coefficient (Wildman–Crippen LogP) is 3.61. The highest BCUT2D eigenvalue weighted by atomic mass is 32.1. The highest BCUT2D eigenvalue weighted by molar-refractivity contribution is 7.71. The number of para-hydroxylation sites is 1. The number of aromatic nitrogens is 5. The number of carbonyl (C=O) groups excluding carboxylic acids is 1. The number of nitrogens with zero attached hydrogens (tertiary/aromatic N) is 4. The van der Waals surface area contributed by atoms with Crippen LogP contribution in [0.25, 0.3) is 16.9 Å². The summed E-state index contributed by atoms with van der Waals surface area (Å²) in [5.41, 5.74) is 4.09. The van der Waals surface area contributed by atoms with Crippen LogP contribution in [-0.4, -0.2) is 37.0 Å². The normalized spacial score (nSPS) is 10.9. The molecule has 0 radical (unpaired) electrons. The lowest BCUT2D eigenvalue weighted by atomic mass is 10.0. The zero-order valence-corrected chi connectivity index (χ0v) is 17.6. The first-order chi connectivity index (χ1) is 14.5. The maximum Gasteiger partial charge on any atom is 0.255 e. The summed E-state index contributed by atoms with van der Waals surface area (Å²) >= 11 is 5.13. The van der Waals surface area contributed by atoms with Crippen molar-refractivity contribution in [3.8, 4) is 16.9 Å². The first kappa shape index (κ1) is 19.8. The quantitative estimate of drug-likeness (QED) is 0.469. The van der Waals surface area contributed by atoms with Crippen molar-refractivity contribution in [1.82, 2.24) is 29.9 Å². The number of rotatable bonds is 6. The SMILES string of the molecule is Cc1ccccc1-c1nn(-c2ccccc2)cc1C(=O)NCCc1n[nH]c(=S)n1C. The molecule has 4 aromatic rings. The first-order valence-electron chi connectivity index (χ1n) is 9.64. The number of aromatic amines is 1. The third-order valence-corrected chi connectivity index (χ3v) is 5.35. The molecule has 0 saturated heterocycles. The van der Waals surface area contributed by atoms with E-state index in [2.05, 4.69) is 15.5 Å². The standard InChI is InChI=1S/C22H22N6OS/c1-15-8-6-7-11-17(15)20-18(14-28(26-20)16-9-4-3-5-10-16)21(29)23-13-12-19-24-25-22(30)27(19)2/h3-11,14H,12-13H2,1-2H3,(H,23,29)(H,25,30). The fraction of sp³-hybridized carbons (Fsp3) is 0.182. The van der Waals surface area contributed by atoms with E-state index >= 15 is 0 Å². The molecule has 0 fully saturated rings. The smallest absolute Gasteiger partial charge is 0.255 e. The van der Waals surface area contributed by atoms with Crippen LogP contribution < -0.4 is 5.32 Å². The minimum Gasteiger partial charge on any atom is -0.351 e. The molecule has 4 rings (SSSR count). The van der Waals surface area contributed by atoms with Crippen LogP contribution in [-0.2, 0) is 13.5 Å². The number of nitrogens with one attached hydrogen (secondary N) is 2. The molecule has 2 aromatic carbocycles. The van der Waals surface area contributed by atoms with Crippen LogP contribution in [0, 0.1) is 11.7 Å². The van der Waals surface area contributed by atoms with E-state index < -0.39 is 0 Å². The molecule has 2 N–H and O–H groups in total. The number of hydrogen-bond acceptors (Lipinski definition) is 4. The fourth-order valence-electron chi connectivity index (χ4n) is 3.28. The van der Waals surface area contributed by atoms with Gasteiger partial charge in [-0.2, -0.15) is 10.2 Å². The van der Waals surface area contributed by atoms with Crippen LogP contribution in [0.2, 0.25) is 0 Å². The van der Waals surface area contributed by atoms with Gasteiger partial charge in [0.25, 0.3) is 5.91 Å². The zero-order chi connectivity index (χ0) is 21.1. The molecule has 0 aliphatic carbocycles. The second-order valence-electron chi connectivity index (χ2n) is 7.00. The molecule has 2 heterocycles. The summed E-state index contributed by atoms with van der Waals surface area (Å²) in [5, 5.41) is 14.7. The number of amides is 1. The molecule has 152 valence electrons. The summed E-state index contributed by atoms with van der Waals surface area (Å²) in [6.07, 6.45) is 2.35. The summed E-state index contributed by atoms with van der Waals surface area (Å²) in [4.78, 5) is 13.1. The van der Waals surface area contributed by atoms with Crippen LogP contribution in [0.5, 0.6) is 0 Å². The van der Waals surface area contributed by atoms with Gasteiger partial charge in [-0.15, -0.1) is 0 Å². The molecule has 0 bridgehead atoms. The molecule has 30 heavy (non-hydrogen) atoms. The van der Waals surface area contributed by atoms with E-state index in [0.717, 1.165) is 22.6 Å². The zero-order valence-electron chi connectivity index (χ0n) is 16.8. The first-order valence-corrected chi connectivity index (χ1v) is 10.0. The molecule has 0 aliphatic rings. The van der Waals surface area contributed by atoms with Crippen molar-refractivity contribution in [2.75, 3.05) is 6.54 Å². The monoisotopic (exact) mass is 418 g/mol. The molecular weight excluding hydrogens is 396 g/mol. The van der Waals surface area contributed by atoms with E-state index in [-0.39, 0.29) is 5.91 Å². The molecule has 0 saturated carbocycles. The van der Waals surface area contributed by atoms with Crippen molar-refractivity contribution in [2.45, 2.75) is 13.3 Å². The average Bonchev–Trinajstić information content (AvgIpc) is 3.34. The van der Waals surface area contributed by atoms with Crippen molar-refractivity contribution in [3.63, 3.8) is 0 Å². The Morgan fingerprint density at radius 3 is 2.57 bits per heavy atom. The maximum absolute atomic E-state index is 13.1. The van der Waals surface area contributed by atoms with Gasteiger partial charge in [0.1, 0.15) is 11.5 Å². The predicted molar refractivity (Wildman–Crippen MR) is 118 cm³/mol. The molecule has 0 atom stereocenters. The van der Waals surface area contributed by atoms with E-state index in [4.69, 9.17) is 17.3 Å². The highest BCUT2D eigenvalue weighted by Crippen LogP contribution is 2.26. The minimum atomic E-state index is -0.174. The van der Waals surface area contributed by atoms with Crippen molar-refractivity contribution in [3.05, 3.63) is 82.5 Å². The van der Waals surface area contributed by atoms with Crippen molar-refractivity contribution in [1.29, 1.82) is 0 Å². The Morgan fingerprint density at radius 1 is 1.13 bits per heavy atom. The molecule has 1 amide bonds. The van der Waals surface area contributed by atoms with Crippen molar-refractivity contribution in [2.24, 2.45) is 7.05 Å². The number of aryl methyl sites for hydroxylation is 1. The molecule has 0 spiro atoms. The third-order valence-electron chi connectivity index (χ3n) is 4.99. The summed E-state index contributed by atoms with van der Waals surface area (Å²) in [7, 11) is 1.85. The van der Waals surface area contributed by atoms with Gasteiger partial charge in [-0.25, -0.2) is 4.68 Å². The number of hydrogen-bond donors (Lipinski definition) is 2. The van der Waals surface area contributed by atoms with Crippen LogP contribution in [0.3, 0.4) is 0 Å². The van der Waals surface area contributed by atoms with Crippen LogP contribution in [0.4, 0.5) is 0 Å². The van der Waals surface area contributed by atoms with Gasteiger partial charge < -0.3 is 9.88 Å². The Hall–Kier alpha value is -3.52. The summed E-state index contributed by atoms with van der Waals surface area (Å²) in [6.45, 7) is 2.46. The van der Waals surface area contributed by atoms with Gasteiger partial charge in [0.2, 0.25) is 0 Å². The van der Waals surface area contributed by atoms with E-state index in [1.165, 1.54) is 0 Å². The summed E-state index contributed by atoms with van der Waals surface area (Å²) in [5.74, 6) is 0.617. The van der Waals surface area contributed by atoms with Gasteiger partial charge in [-0.3, -0.25) is 9.89 Å². The number of H-pyrrole nitrogens is 1. The Balaban J connectivity index is 1.63. The second kappa shape index (κ2) is 8.46. The van der Waals surface area contributed by atoms with Crippen LogP contribution in [0.1, 0.15) is 21.7 Å². The van der Waals surface area contributed by atoms with Crippen molar-refractivity contribution >= 4 is 18.1 Å². The summed E-state index contributed by atoms with van der Waals surface area (Å²) in [6, 6.07) is 17.7. The second-order valence-corrected chi connectivity index (χ2v) is 7.38. The van der Waals surface area contributed by atoms with E-state index in [9.17, 15) is 4.79 Å². The van der Waals surface area contributed by atoms with Gasteiger partial charge >= 0.3 is 0 Å². The maximum atomic E-state index is 13.1. The van der Waals surface area contributed by atoms with Gasteiger partial charge in [0.15, 0.2) is 4.77 Å². The minimum absolute atomic E-state index is 0.174. The fourth-order valence-corrected chi connectivity index (χ4v) is 3.43. The van der Waals surface area contributed by atoms with Crippen LogP contribution >= 0.6 is 12.2 Å². The molecule has 0 aliphatic heterocycles. The van der Waals surface area contributed by atoms with E-state index in [1.54, 1.807) is 15.4 Å². The lowest BCUT2D eigenvalue weighted by Crippen LogP contribution is -2.26. The Labute approximate surface area is 179 Å². The largest absolute Gasteiger partial charge is 0.351 e. The Bertz CT molecular complexity index is 1240. The summed E-state index contributed by atoms with van der Waals surface area (Å²) < 4.78 is 4.10. The highest BCUT2D eigenvalue weighted by Gasteiger charge is 2.19. The molecule has 7 nitrogen and oxygen atoms in total. The molecule has 2 aromatic heterocycles. The van der Waals surface area contributed by atoms with Crippen LogP contribution in [0.15, 0.2) is 60.8 Å².